The third-order valence-corrected chi connectivity index (χ3v) is 15.4. The van der Waals surface area contributed by atoms with Gasteiger partial charge in [-0.05, 0) is 76.9 Å². The van der Waals surface area contributed by atoms with Crippen LogP contribution in [0.3, 0.4) is 0 Å². The zero-order valence-corrected chi connectivity index (χ0v) is 45.5. The average molecular weight is 1130 g/mol. The molecule has 2 aliphatic heterocycles. The molecule has 76 heavy (non-hydrogen) atoms. The number of nitrogens with one attached hydrogen (secondary N) is 5. The summed E-state index contributed by atoms with van der Waals surface area (Å²) in [5.41, 5.74) is 7.99. The largest absolute Gasteiger partial charge is 0.476 e. The molecule has 6 heterocycles. The molecule has 0 bridgehead atoms. The fourth-order valence-corrected chi connectivity index (χ4v) is 11.2. The van der Waals surface area contributed by atoms with Crippen molar-refractivity contribution in [2.24, 2.45) is 17.6 Å². The van der Waals surface area contributed by atoms with Crippen molar-refractivity contribution in [2.45, 2.75) is 96.1 Å². The van der Waals surface area contributed by atoms with Crippen LogP contribution in [0.2, 0.25) is 10.0 Å². The summed E-state index contributed by atoms with van der Waals surface area (Å²) in [6, 6.07) is 4.27. The lowest BCUT2D eigenvalue weighted by atomic mass is 9.81. The number of hydrogen-bond donors (Lipinski definition) is 7. The van der Waals surface area contributed by atoms with Crippen molar-refractivity contribution in [3.05, 3.63) is 77.9 Å². The zero-order valence-electron chi connectivity index (χ0n) is 42.4. The first-order valence-electron chi connectivity index (χ1n) is 24.1. The number of nitrogens with zero attached hydrogens (tertiary/aromatic N) is 8. The SMILES string of the molecule is C.CN(C)C(=O)[C@H]1CC[C@H](NC(=O)C(=O)Nc2ccc(Cl)cn2)[C@H](N)C1.CN1CCc2nc(C(=O)N[C@@H]3C[C@@H](C(=O)N(C)C)CC[C@@H]3NC(=O)C(=O)Nc3ccc(Cl)cn3)sc2C1.CN1CCc2nc(C(=O)O)sc2C1. The van der Waals surface area contributed by atoms with Gasteiger partial charge in [-0.15, -0.1) is 22.7 Å². The molecule has 0 aromatic carbocycles. The zero-order chi connectivity index (χ0) is 54.7. The van der Waals surface area contributed by atoms with Crippen molar-refractivity contribution in [3.8, 4) is 0 Å². The molecular formula is C49H66Cl2N14O9S2. The number of fused-ring (bicyclic) bond motifs is 2. The lowest BCUT2D eigenvalue weighted by Crippen LogP contribution is -2.57. The number of carboxylic acids is 1. The van der Waals surface area contributed by atoms with Crippen molar-refractivity contribution in [1.29, 1.82) is 0 Å². The number of halogens is 2. The topological polar surface area (TPSA) is 307 Å². The number of nitrogens with two attached hydrogens (primary N) is 1. The van der Waals surface area contributed by atoms with E-state index in [2.05, 4.69) is 56.3 Å². The number of aromatic nitrogens is 4. The van der Waals surface area contributed by atoms with Crippen molar-refractivity contribution in [2.75, 3.05) is 66.0 Å². The molecule has 2 aliphatic carbocycles. The molecular weight excluding hydrogens is 1060 g/mol. The molecule has 8 N–H and O–H groups in total. The standard InChI is InChI=1S/C24H30ClN7O4S.C16H22ClN5O3.C8H10N2O2S.CH4/c1-31(2)24(36)13-4-6-15(27-20(33)21(34)30-19-7-5-14(25)11-26-19)17(10-13)28-22(35)23-29-16-8-9-32(3)12-18(16)37-23;1-22(2)16(25)9-3-5-12(11(18)7-9)20-14(23)15(24)21-13-6-4-10(17)8-19-13;1-10-3-2-5-6(4-10)13-7(9-5)8(11)12;/h5,7,11,13,15,17H,4,6,8-10,12H2,1-3H3,(H,27,33)(H,28,35)(H,26,30,34);4,6,8-9,11-12H,3,5,7,18H2,1-2H3,(H,20,23)(H,19,21,24);2-4H2,1H3,(H,11,12);1H4/t13-,15-,17+;9-,11+,12-;;/m00../s1. The summed E-state index contributed by atoms with van der Waals surface area (Å²) in [6.45, 7) is 3.44. The maximum atomic E-state index is 13.2. The summed E-state index contributed by atoms with van der Waals surface area (Å²) in [6.07, 6.45) is 7.31. The number of thiazole rings is 2. The highest BCUT2D eigenvalue weighted by Crippen LogP contribution is 2.30. The predicted molar refractivity (Wildman–Crippen MR) is 289 cm³/mol. The lowest BCUT2D eigenvalue weighted by molar-refractivity contribution is -0.137. The van der Waals surface area contributed by atoms with Crippen LogP contribution in [0.1, 0.15) is 86.7 Å². The highest BCUT2D eigenvalue weighted by molar-refractivity contribution is 7.14. The summed E-state index contributed by atoms with van der Waals surface area (Å²) < 4.78 is 0. The van der Waals surface area contributed by atoms with Gasteiger partial charge in [0.25, 0.3) is 5.91 Å². The van der Waals surface area contributed by atoms with Crippen LogP contribution in [0, 0.1) is 11.8 Å². The molecule has 0 unspecified atom stereocenters. The van der Waals surface area contributed by atoms with Gasteiger partial charge < -0.3 is 57.0 Å². The molecule has 0 saturated heterocycles. The average Bonchev–Trinajstić information content (AvgIpc) is 4.01. The van der Waals surface area contributed by atoms with Crippen LogP contribution in [-0.4, -0.2) is 172 Å². The van der Waals surface area contributed by atoms with E-state index in [1.54, 1.807) is 45.2 Å². The Morgan fingerprint density at radius 3 is 1.53 bits per heavy atom. The molecule has 0 spiro atoms. The number of carboxylic acid groups (broad SMARTS) is 1. The predicted octanol–water partition coefficient (Wildman–Crippen LogP) is 3.13. The number of pyridine rings is 2. The van der Waals surface area contributed by atoms with E-state index in [4.69, 9.17) is 34.0 Å². The minimum atomic E-state index is -0.915. The Balaban J connectivity index is 0.000000234. The van der Waals surface area contributed by atoms with Crippen LogP contribution in [-0.2, 0) is 54.7 Å². The van der Waals surface area contributed by atoms with Crippen LogP contribution >= 0.6 is 45.9 Å². The number of rotatable bonds is 9. The number of anilines is 2. The van der Waals surface area contributed by atoms with Crippen molar-refractivity contribution in [3.63, 3.8) is 0 Å². The number of amides is 7. The van der Waals surface area contributed by atoms with Gasteiger partial charge >= 0.3 is 29.6 Å². The summed E-state index contributed by atoms with van der Waals surface area (Å²) in [4.78, 5) is 124. The van der Waals surface area contributed by atoms with E-state index in [0.29, 0.717) is 53.6 Å². The van der Waals surface area contributed by atoms with Gasteiger partial charge in [0.2, 0.25) is 16.8 Å². The second kappa shape index (κ2) is 27.7. The van der Waals surface area contributed by atoms with Crippen LogP contribution < -0.4 is 32.3 Å². The first-order chi connectivity index (χ1) is 35.5. The van der Waals surface area contributed by atoms with E-state index in [9.17, 15) is 38.4 Å². The summed E-state index contributed by atoms with van der Waals surface area (Å²) in [7, 11) is 10.8. The van der Waals surface area contributed by atoms with Crippen LogP contribution in [0.4, 0.5) is 11.6 Å². The molecule has 7 amide bonds. The maximum absolute atomic E-state index is 13.2. The van der Waals surface area contributed by atoms with Gasteiger partial charge in [-0.1, -0.05) is 30.6 Å². The number of carbonyl (C=O) groups is 8. The third kappa shape index (κ3) is 16.9. The normalized spacial score (nSPS) is 20.9. The van der Waals surface area contributed by atoms with Crippen molar-refractivity contribution >= 4 is 105 Å². The second-order valence-electron chi connectivity index (χ2n) is 19.1. The Kier molecular flexibility index (Phi) is 22.1. The van der Waals surface area contributed by atoms with Gasteiger partial charge in [0, 0.05) is 119 Å². The van der Waals surface area contributed by atoms with Crippen molar-refractivity contribution < 1.29 is 43.5 Å². The minimum absolute atomic E-state index is 0. The molecule has 4 aliphatic rings. The fraction of sp³-hybridized carbons (Fsp3) is 0.510. The van der Waals surface area contributed by atoms with Crippen LogP contribution in [0.15, 0.2) is 36.7 Å². The summed E-state index contributed by atoms with van der Waals surface area (Å²) in [5.74, 6) is -4.65. The molecule has 2 saturated carbocycles. The van der Waals surface area contributed by atoms with Gasteiger partial charge in [-0.2, -0.15) is 0 Å². The Bertz CT molecular complexity index is 2730. The molecule has 6 atom stereocenters. The smallest absolute Gasteiger partial charge is 0.365 e. The van der Waals surface area contributed by atoms with E-state index in [1.165, 1.54) is 52.1 Å². The Labute approximate surface area is 459 Å². The molecule has 2 fully saturated rings. The van der Waals surface area contributed by atoms with Crippen LogP contribution in [0.25, 0.3) is 0 Å². The first kappa shape index (κ1) is 60.6. The van der Waals surface area contributed by atoms with Gasteiger partial charge in [-0.3, -0.25) is 33.6 Å². The van der Waals surface area contributed by atoms with E-state index >= 15 is 0 Å². The number of aromatic carboxylic acids is 1. The lowest BCUT2D eigenvalue weighted by Gasteiger charge is -2.37. The number of carbonyl (C=O) groups excluding carboxylic acids is 7. The van der Waals surface area contributed by atoms with E-state index in [0.717, 1.165) is 60.2 Å². The molecule has 0 radical (unpaired) electrons. The molecule has 8 rings (SSSR count). The van der Waals surface area contributed by atoms with Gasteiger partial charge in [-0.25, -0.2) is 24.7 Å². The molecule has 23 nitrogen and oxygen atoms in total. The van der Waals surface area contributed by atoms with Crippen molar-refractivity contribution in [1.82, 2.24) is 55.5 Å². The Morgan fingerprint density at radius 1 is 0.632 bits per heavy atom. The molecule has 4 aromatic rings. The summed E-state index contributed by atoms with van der Waals surface area (Å²) in [5, 5.41) is 23.3. The first-order valence-corrected chi connectivity index (χ1v) is 26.5. The van der Waals surface area contributed by atoms with E-state index in [1.807, 2.05) is 14.1 Å². The second-order valence-corrected chi connectivity index (χ2v) is 22.1. The minimum Gasteiger partial charge on any atom is -0.476 e. The maximum Gasteiger partial charge on any atom is 0.365 e. The van der Waals surface area contributed by atoms with Gasteiger partial charge in [0.15, 0.2) is 5.01 Å². The fourth-order valence-electron chi connectivity index (χ4n) is 8.85. The van der Waals surface area contributed by atoms with Gasteiger partial charge in [0.1, 0.15) is 11.6 Å². The molecule has 412 valence electrons. The molecule has 4 aromatic heterocycles. The quantitative estimate of drug-likeness (QED) is 0.118. The number of likely N-dealkylation sites (N-methyl/N-ethyl adjacent to an activating group) is 2. The van der Waals surface area contributed by atoms with Gasteiger partial charge in [0.05, 0.1) is 27.5 Å². The Hall–Kier alpha value is -6.22. The third-order valence-electron chi connectivity index (χ3n) is 12.9. The van der Waals surface area contributed by atoms with E-state index < -0.39 is 41.7 Å². The Morgan fingerprint density at radius 2 is 1.08 bits per heavy atom. The highest BCUT2D eigenvalue weighted by Gasteiger charge is 2.38. The summed E-state index contributed by atoms with van der Waals surface area (Å²) >= 11 is 14.2. The monoisotopic (exact) mass is 1130 g/mol. The highest BCUT2D eigenvalue weighted by atomic mass is 35.5. The number of hydrogen-bond acceptors (Lipinski definition) is 17. The van der Waals surface area contributed by atoms with Crippen LogP contribution in [0.5, 0.6) is 0 Å². The van der Waals surface area contributed by atoms with E-state index in [-0.39, 0.29) is 65.7 Å². The molecule has 27 heteroatoms.